The second kappa shape index (κ2) is 6.52. The van der Waals surface area contributed by atoms with Gasteiger partial charge in [-0.3, -0.25) is 4.99 Å². The number of fused-ring (bicyclic) bond motifs is 2. The van der Waals surface area contributed by atoms with Crippen LogP contribution in [0.2, 0.25) is 0 Å². The number of piperidine rings is 1. The molecule has 0 radical (unpaired) electrons. The van der Waals surface area contributed by atoms with Crippen LogP contribution in [0.4, 0.5) is 17.1 Å². The van der Waals surface area contributed by atoms with Gasteiger partial charge < -0.3 is 14.5 Å². The number of benzene rings is 2. The first-order valence-corrected chi connectivity index (χ1v) is 8.94. The van der Waals surface area contributed by atoms with E-state index in [4.69, 9.17) is 9.73 Å². The van der Waals surface area contributed by atoms with Gasteiger partial charge in [0, 0.05) is 24.9 Å². The van der Waals surface area contributed by atoms with Crippen LogP contribution in [0.5, 0.6) is 5.75 Å². The summed E-state index contributed by atoms with van der Waals surface area (Å²) in [5, 5.41) is 0. The van der Waals surface area contributed by atoms with Gasteiger partial charge in [-0.15, -0.1) is 0 Å². The van der Waals surface area contributed by atoms with Crippen molar-refractivity contribution < 1.29 is 4.74 Å². The number of anilines is 2. The lowest BCUT2D eigenvalue weighted by atomic mass is 9.86. The molecule has 0 saturated carbocycles. The average Bonchev–Trinajstić information content (AvgIpc) is 2.79. The molecule has 0 aliphatic carbocycles. The smallest absolute Gasteiger partial charge is 0.121 e. The highest BCUT2D eigenvalue weighted by atomic mass is 16.5. The highest BCUT2D eigenvalue weighted by Gasteiger charge is 2.24. The van der Waals surface area contributed by atoms with Gasteiger partial charge in [-0.2, -0.15) is 0 Å². The summed E-state index contributed by atoms with van der Waals surface area (Å²) in [6.45, 7) is 2.33. The Morgan fingerprint density at radius 3 is 2.60 bits per heavy atom. The molecule has 1 saturated heterocycles. The highest BCUT2D eigenvalue weighted by Crippen LogP contribution is 2.41. The Morgan fingerprint density at radius 1 is 1.04 bits per heavy atom. The minimum Gasteiger partial charge on any atom is -0.497 e. The van der Waals surface area contributed by atoms with Crippen LogP contribution in [0.3, 0.4) is 0 Å². The number of rotatable bonds is 2. The van der Waals surface area contributed by atoms with E-state index < -0.39 is 0 Å². The minimum atomic E-state index is 0.613. The zero-order valence-electron chi connectivity index (χ0n) is 15.2. The molecule has 0 spiro atoms. The van der Waals surface area contributed by atoms with Gasteiger partial charge in [0.25, 0.3) is 0 Å². The summed E-state index contributed by atoms with van der Waals surface area (Å²) in [6.07, 6.45) is 4.47. The van der Waals surface area contributed by atoms with Gasteiger partial charge in [-0.05, 0) is 62.7 Å². The summed E-state index contributed by atoms with van der Waals surface area (Å²) < 4.78 is 5.37. The number of hydrogen-bond acceptors (Lipinski definition) is 4. The SMILES string of the molecule is COc1ccc2c(c1)N=Cc1c(C3CCN(C)CC3)cccc1N2C. The van der Waals surface area contributed by atoms with Crippen LogP contribution in [0.25, 0.3) is 0 Å². The van der Waals surface area contributed by atoms with Crippen molar-refractivity contribution in [1.29, 1.82) is 0 Å². The normalized spacial score (nSPS) is 17.8. The van der Waals surface area contributed by atoms with Gasteiger partial charge in [0.1, 0.15) is 5.75 Å². The molecule has 2 aromatic rings. The average molecular weight is 335 g/mol. The molecule has 4 heteroatoms. The Morgan fingerprint density at radius 2 is 1.84 bits per heavy atom. The third-order valence-electron chi connectivity index (χ3n) is 5.51. The summed E-state index contributed by atoms with van der Waals surface area (Å²) in [5.74, 6) is 1.45. The molecule has 0 N–H and O–H groups in total. The van der Waals surface area contributed by atoms with E-state index in [0.717, 1.165) is 17.1 Å². The lowest BCUT2D eigenvalue weighted by Crippen LogP contribution is -2.29. The van der Waals surface area contributed by atoms with Gasteiger partial charge in [0.2, 0.25) is 0 Å². The van der Waals surface area contributed by atoms with Gasteiger partial charge in [0.15, 0.2) is 0 Å². The summed E-state index contributed by atoms with van der Waals surface area (Å²) in [5.41, 5.74) is 5.98. The van der Waals surface area contributed by atoms with E-state index in [0.29, 0.717) is 5.92 Å². The third kappa shape index (κ3) is 2.91. The third-order valence-corrected chi connectivity index (χ3v) is 5.51. The maximum Gasteiger partial charge on any atom is 0.121 e. The molecular formula is C21H25N3O. The second-order valence-corrected chi connectivity index (χ2v) is 7.03. The van der Waals surface area contributed by atoms with Gasteiger partial charge in [-0.25, -0.2) is 0 Å². The van der Waals surface area contributed by atoms with Crippen molar-refractivity contribution in [2.45, 2.75) is 18.8 Å². The van der Waals surface area contributed by atoms with Crippen molar-refractivity contribution >= 4 is 23.3 Å². The molecular weight excluding hydrogens is 310 g/mol. The fourth-order valence-electron chi connectivity index (χ4n) is 3.96. The lowest BCUT2D eigenvalue weighted by molar-refractivity contribution is 0.255. The van der Waals surface area contributed by atoms with Crippen LogP contribution in [-0.2, 0) is 0 Å². The maximum atomic E-state index is 5.37. The summed E-state index contributed by atoms with van der Waals surface area (Å²) in [6, 6.07) is 12.7. The van der Waals surface area contributed by atoms with Crippen molar-refractivity contribution in [3.8, 4) is 5.75 Å². The molecule has 2 aromatic carbocycles. The number of nitrogens with zero attached hydrogens (tertiary/aromatic N) is 3. The van der Waals surface area contributed by atoms with Crippen molar-refractivity contribution in [2.24, 2.45) is 4.99 Å². The lowest BCUT2D eigenvalue weighted by Gasteiger charge is -2.31. The number of methoxy groups -OCH3 is 1. The van der Waals surface area contributed by atoms with Crippen LogP contribution >= 0.6 is 0 Å². The van der Waals surface area contributed by atoms with Crippen molar-refractivity contribution in [3.63, 3.8) is 0 Å². The molecule has 130 valence electrons. The topological polar surface area (TPSA) is 28.1 Å². The van der Waals surface area contributed by atoms with Gasteiger partial charge in [0.05, 0.1) is 24.2 Å². The van der Waals surface area contributed by atoms with E-state index in [9.17, 15) is 0 Å². The Hall–Kier alpha value is -2.33. The molecule has 25 heavy (non-hydrogen) atoms. The maximum absolute atomic E-state index is 5.37. The minimum absolute atomic E-state index is 0.613. The largest absolute Gasteiger partial charge is 0.497 e. The number of ether oxygens (including phenoxy) is 1. The van der Waals surface area contributed by atoms with E-state index in [1.54, 1.807) is 7.11 Å². The molecule has 2 heterocycles. The number of hydrogen-bond donors (Lipinski definition) is 0. The first-order valence-electron chi connectivity index (χ1n) is 8.94. The first-order chi connectivity index (χ1) is 12.2. The molecule has 0 atom stereocenters. The predicted molar refractivity (Wildman–Crippen MR) is 104 cm³/mol. The van der Waals surface area contributed by atoms with E-state index in [-0.39, 0.29) is 0 Å². The van der Waals surface area contributed by atoms with Crippen LogP contribution < -0.4 is 9.64 Å². The number of likely N-dealkylation sites (tertiary alicyclic amines) is 1. The van der Waals surface area contributed by atoms with E-state index in [1.807, 2.05) is 18.3 Å². The van der Waals surface area contributed by atoms with E-state index in [2.05, 4.69) is 48.2 Å². The Kier molecular flexibility index (Phi) is 4.22. The standard InChI is InChI=1S/C21H25N3O/c1-23-11-9-15(10-12-23)17-5-4-6-20-18(17)14-22-19-13-16(25-3)7-8-21(19)24(20)2/h4-8,13-15H,9-12H2,1-3H3. The van der Waals surface area contributed by atoms with Crippen LogP contribution in [0.15, 0.2) is 41.4 Å². The quantitative estimate of drug-likeness (QED) is 0.817. The Balaban J connectivity index is 1.77. The fraction of sp³-hybridized carbons (Fsp3) is 0.381. The zero-order chi connectivity index (χ0) is 17.4. The summed E-state index contributed by atoms with van der Waals surface area (Å²) >= 11 is 0. The number of aliphatic imine (C=N–C) groups is 1. The van der Waals surface area contributed by atoms with Crippen LogP contribution in [0.1, 0.15) is 29.9 Å². The molecule has 0 aromatic heterocycles. The van der Waals surface area contributed by atoms with Crippen molar-refractivity contribution in [2.75, 3.05) is 39.2 Å². The molecule has 1 fully saturated rings. The summed E-state index contributed by atoms with van der Waals surface area (Å²) in [7, 11) is 6.02. The molecule has 0 unspecified atom stereocenters. The van der Waals surface area contributed by atoms with Crippen molar-refractivity contribution in [3.05, 3.63) is 47.5 Å². The van der Waals surface area contributed by atoms with Gasteiger partial charge >= 0.3 is 0 Å². The van der Waals surface area contributed by atoms with Crippen LogP contribution in [0, 0.1) is 0 Å². The van der Waals surface area contributed by atoms with E-state index >= 15 is 0 Å². The molecule has 0 bridgehead atoms. The van der Waals surface area contributed by atoms with Crippen LogP contribution in [-0.4, -0.2) is 45.4 Å². The van der Waals surface area contributed by atoms with Crippen molar-refractivity contribution in [1.82, 2.24) is 4.90 Å². The highest BCUT2D eigenvalue weighted by molar-refractivity contribution is 5.97. The second-order valence-electron chi connectivity index (χ2n) is 7.03. The molecule has 2 aliphatic heterocycles. The zero-order valence-corrected chi connectivity index (χ0v) is 15.2. The fourth-order valence-corrected chi connectivity index (χ4v) is 3.96. The molecule has 4 nitrogen and oxygen atoms in total. The first kappa shape index (κ1) is 16.2. The monoisotopic (exact) mass is 335 g/mol. The van der Waals surface area contributed by atoms with Gasteiger partial charge in [-0.1, -0.05) is 12.1 Å². The molecule has 0 amide bonds. The predicted octanol–water partition coefficient (Wildman–Crippen LogP) is 4.34. The molecule has 2 aliphatic rings. The summed E-state index contributed by atoms with van der Waals surface area (Å²) in [4.78, 5) is 9.46. The molecule has 4 rings (SSSR count). The van der Waals surface area contributed by atoms with E-state index in [1.165, 1.54) is 42.7 Å². The Bertz CT molecular complexity index is 807. The Labute approximate surface area is 149 Å².